The molecule has 6 heteroatoms. The molecule has 0 spiro atoms. The van der Waals surface area contributed by atoms with E-state index in [0.29, 0.717) is 17.2 Å². The molecule has 1 aliphatic heterocycles. The summed E-state index contributed by atoms with van der Waals surface area (Å²) in [6.45, 7) is 3.65. The van der Waals surface area contributed by atoms with Crippen LogP contribution in [0, 0.1) is 16.0 Å². The molecule has 0 aliphatic carbocycles. The molecule has 108 valence electrons. The number of anilines is 1. The molecule has 1 aromatic rings. The summed E-state index contributed by atoms with van der Waals surface area (Å²) in [5, 5.41) is 13.6. The van der Waals surface area contributed by atoms with Crippen LogP contribution in [0.3, 0.4) is 0 Å². The fourth-order valence-corrected chi connectivity index (χ4v) is 2.58. The summed E-state index contributed by atoms with van der Waals surface area (Å²) in [7, 11) is 1.61. The SMILES string of the molecule is CNc1cc(C(=O)N2CCCC(C)C2)ccc1[N+](=O)[O-]. The van der Waals surface area contributed by atoms with Crippen LogP contribution in [0.5, 0.6) is 0 Å². The number of benzene rings is 1. The van der Waals surface area contributed by atoms with Crippen molar-refractivity contribution in [2.45, 2.75) is 19.8 Å². The van der Waals surface area contributed by atoms with E-state index in [1.165, 1.54) is 12.1 Å². The van der Waals surface area contributed by atoms with Crippen LogP contribution in [0.2, 0.25) is 0 Å². The van der Waals surface area contributed by atoms with E-state index in [0.717, 1.165) is 25.9 Å². The number of amides is 1. The minimum atomic E-state index is -0.455. The highest BCUT2D eigenvalue weighted by atomic mass is 16.6. The van der Waals surface area contributed by atoms with E-state index in [9.17, 15) is 14.9 Å². The predicted octanol–water partition coefficient (Wildman–Crippen LogP) is 2.51. The van der Waals surface area contributed by atoms with E-state index in [1.807, 2.05) is 4.90 Å². The van der Waals surface area contributed by atoms with Crippen molar-refractivity contribution in [2.75, 3.05) is 25.5 Å². The summed E-state index contributed by atoms with van der Waals surface area (Å²) < 4.78 is 0. The van der Waals surface area contributed by atoms with Crippen LogP contribution < -0.4 is 5.32 Å². The van der Waals surface area contributed by atoms with E-state index in [2.05, 4.69) is 12.2 Å². The number of piperidine rings is 1. The lowest BCUT2D eigenvalue weighted by Crippen LogP contribution is -2.39. The fraction of sp³-hybridized carbons (Fsp3) is 0.500. The maximum Gasteiger partial charge on any atom is 0.292 e. The third-order valence-electron chi connectivity index (χ3n) is 3.65. The van der Waals surface area contributed by atoms with Crippen molar-refractivity contribution >= 4 is 17.3 Å². The van der Waals surface area contributed by atoms with Crippen molar-refractivity contribution in [3.63, 3.8) is 0 Å². The molecule has 20 heavy (non-hydrogen) atoms. The van der Waals surface area contributed by atoms with Gasteiger partial charge in [0.1, 0.15) is 5.69 Å². The molecule has 0 aromatic heterocycles. The van der Waals surface area contributed by atoms with Gasteiger partial charge in [0, 0.05) is 31.8 Å². The van der Waals surface area contributed by atoms with Crippen molar-refractivity contribution in [3.8, 4) is 0 Å². The quantitative estimate of drug-likeness (QED) is 0.680. The first-order valence-corrected chi connectivity index (χ1v) is 6.78. The Morgan fingerprint density at radius 3 is 2.85 bits per heavy atom. The van der Waals surface area contributed by atoms with Crippen LogP contribution in [0.15, 0.2) is 18.2 Å². The van der Waals surface area contributed by atoms with Gasteiger partial charge >= 0.3 is 0 Å². The zero-order valence-electron chi connectivity index (χ0n) is 11.8. The predicted molar refractivity (Wildman–Crippen MR) is 76.9 cm³/mol. The number of likely N-dealkylation sites (tertiary alicyclic amines) is 1. The second-order valence-corrected chi connectivity index (χ2v) is 5.24. The maximum atomic E-state index is 12.4. The third kappa shape index (κ3) is 2.89. The Balaban J connectivity index is 2.24. The van der Waals surface area contributed by atoms with E-state index < -0.39 is 4.92 Å². The van der Waals surface area contributed by atoms with Gasteiger partial charge in [-0.3, -0.25) is 14.9 Å². The highest BCUT2D eigenvalue weighted by Crippen LogP contribution is 2.26. The minimum Gasteiger partial charge on any atom is -0.383 e. The largest absolute Gasteiger partial charge is 0.383 e. The first-order chi connectivity index (χ1) is 9.52. The van der Waals surface area contributed by atoms with Crippen molar-refractivity contribution in [1.29, 1.82) is 0 Å². The van der Waals surface area contributed by atoms with Gasteiger partial charge in [0.2, 0.25) is 0 Å². The van der Waals surface area contributed by atoms with Crippen LogP contribution in [-0.2, 0) is 0 Å². The molecule has 0 saturated carbocycles. The van der Waals surface area contributed by atoms with Crippen LogP contribution in [-0.4, -0.2) is 35.9 Å². The van der Waals surface area contributed by atoms with Gasteiger partial charge in [0.15, 0.2) is 0 Å². The molecule has 1 atom stereocenters. The number of nitro groups is 1. The van der Waals surface area contributed by atoms with Crippen molar-refractivity contribution in [2.24, 2.45) is 5.92 Å². The van der Waals surface area contributed by atoms with Gasteiger partial charge < -0.3 is 10.2 Å². The van der Waals surface area contributed by atoms with E-state index in [4.69, 9.17) is 0 Å². The lowest BCUT2D eigenvalue weighted by molar-refractivity contribution is -0.383. The molecular weight excluding hydrogens is 258 g/mol. The molecule has 1 unspecified atom stereocenters. The van der Waals surface area contributed by atoms with E-state index >= 15 is 0 Å². The average Bonchev–Trinajstić information content (AvgIpc) is 2.45. The molecule has 1 aliphatic rings. The van der Waals surface area contributed by atoms with Gasteiger partial charge in [0.25, 0.3) is 11.6 Å². The standard InChI is InChI=1S/C14H19N3O3/c1-10-4-3-7-16(9-10)14(18)11-5-6-13(17(19)20)12(8-11)15-2/h5-6,8,10,15H,3-4,7,9H2,1-2H3. The number of carbonyl (C=O) groups excluding carboxylic acids is 1. The Labute approximate surface area is 117 Å². The Morgan fingerprint density at radius 1 is 1.50 bits per heavy atom. The van der Waals surface area contributed by atoms with Gasteiger partial charge in [-0.1, -0.05) is 6.92 Å². The number of nitro benzene ring substituents is 1. The summed E-state index contributed by atoms with van der Waals surface area (Å²) in [5.41, 5.74) is 0.844. The molecule has 6 nitrogen and oxygen atoms in total. The Hall–Kier alpha value is -2.11. The lowest BCUT2D eigenvalue weighted by atomic mass is 9.99. The smallest absolute Gasteiger partial charge is 0.292 e. The number of nitrogens with one attached hydrogen (secondary N) is 1. The zero-order chi connectivity index (χ0) is 14.7. The summed E-state index contributed by atoms with van der Waals surface area (Å²) >= 11 is 0. The molecule has 1 saturated heterocycles. The third-order valence-corrected chi connectivity index (χ3v) is 3.65. The number of hydrogen-bond acceptors (Lipinski definition) is 4. The van der Waals surface area contributed by atoms with Crippen molar-refractivity contribution in [1.82, 2.24) is 4.90 Å². The molecule has 1 fully saturated rings. The summed E-state index contributed by atoms with van der Waals surface area (Å²) in [6.07, 6.45) is 2.16. The van der Waals surface area contributed by atoms with Gasteiger partial charge in [-0.25, -0.2) is 0 Å². The highest BCUT2D eigenvalue weighted by Gasteiger charge is 2.23. The van der Waals surface area contributed by atoms with Gasteiger partial charge in [0.05, 0.1) is 4.92 Å². The second-order valence-electron chi connectivity index (χ2n) is 5.24. The first-order valence-electron chi connectivity index (χ1n) is 6.78. The molecule has 0 bridgehead atoms. The summed E-state index contributed by atoms with van der Waals surface area (Å²) in [4.78, 5) is 24.7. The number of rotatable bonds is 3. The molecule has 1 N–H and O–H groups in total. The van der Waals surface area contributed by atoms with E-state index in [1.54, 1.807) is 13.1 Å². The second kappa shape index (κ2) is 5.90. The minimum absolute atomic E-state index is 0.0175. The Bertz CT molecular complexity index is 530. The molecule has 1 amide bonds. The molecule has 1 heterocycles. The highest BCUT2D eigenvalue weighted by molar-refractivity contribution is 5.96. The molecular formula is C14H19N3O3. The first kappa shape index (κ1) is 14.3. The lowest BCUT2D eigenvalue weighted by Gasteiger charge is -2.31. The van der Waals surface area contributed by atoms with E-state index in [-0.39, 0.29) is 11.6 Å². The monoisotopic (exact) mass is 277 g/mol. The molecule has 0 radical (unpaired) electrons. The summed E-state index contributed by atoms with van der Waals surface area (Å²) in [6, 6.07) is 4.47. The molecule has 1 aromatic carbocycles. The fourth-order valence-electron chi connectivity index (χ4n) is 2.58. The van der Waals surface area contributed by atoms with Gasteiger partial charge in [-0.2, -0.15) is 0 Å². The Kier molecular flexibility index (Phi) is 4.22. The summed E-state index contributed by atoms with van der Waals surface area (Å²) in [5.74, 6) is 0.456. The topological polar surface area (TPSA) is 75.5 Å². The number of carbonyl (C=O) groups is 1. The maximum absolute atomic E-state index is 12.4. The van der Waals surface area contributed by atoms with Crippen LogP contribution in [0.1, 0.15) is 30.1 Å². The number of nitrogens with zero attached hydrogens (tertiary/aromatic N) is 2. The zero-order valence-corrected chi connectivity index (χ0v) is 11.8. The number of hydrogen-bond donors (Lipinski definition) is 1. The van der Waals surface area contributed by atoms with Crippen LogP contribution >= 0.6 is 0 Å². The van der Waals surface area contributed by atoms with Gasteiger partial charge in [-0.15, -0.1) is 0 Å². The normalized spacial score (nSPS) is 18.7. The van der Waals surface area contributed by atoms with Crippen LogP contribution in [0.25, 0.3) is 0 Å². The Morgan fingerprint density at radius 2 is 2.25 bits per heavy atom. The van der Waals surface area contributed by atoms with Gasteiger partial charge in [-0.05, 0) is 30.9 Å². The average molecular weight is 277 g/mol. The van der Waals surface area contributed by atoms with Crippen molar-refractivity contribution in [3.05, 3.63) is 33.9 Å². The van der Waals surface area contributed by atoms with Crippen LogP contribution in [0.4, 0.5) is 11.4 Å². The van der Waals surface area contributed by atoms with Crippen molar-refractivity contribution < 1.29 is 9.72 Å². The molecule has 2 rings (SSSR count).